The van der Waals surface area contributed by atoms with Crippen LogP contribution in [0.15, 0.2) is 48.5 Å². The monoisotopic (exact) mass is 323 g/mol. The minimum Gasteiger partial charge on any atom is -0.488 e. The van der Waals surface area contributed by atoms with Crippen LogP contribution in [0.2, 0.25) is 5.02 Å². The lowest BCUT2D eigenvalue weighted by atomic mass is 9.93. The van der Waals surface area contributed by atoms with Gasteiger partial charge in [-0.05, 0) is 55.5 Å². The van der Waals surface area contributed by atoms with Crippen LogP contribution in [0, 0.1) is 0 Å². The molecule has 0 saturated heterocycles. The van der Waals surface area contributed by atoms with Gasteiger partial charge in [-0.2, -0.15) is 0 Å². The van der Waals surface area contributed by atoms with Crippen LogP contribution in [-0.2, 0) is 19.4 Å². The average molecular weight is 324 g/mol. The Balaban J connectivity index is 1.75. The van der Waals surface area contributed by atoms with Crippen molar-refractivity contribution in [3.8, 4) is 5.75 Å². The van der Waals surface area contributed by atoms with Crippen LogP contribution in [0.5, 0.6) is 5.75 Å². The molecule has 0 amide bonds. The average Bonchev–Trinajstić information content (AvgIpc) is 2.58. The lowest BCUT2D eigenvalue weighted by molar-refractivity contribution is 0.305. The van der Waals surface area contributed by atoms with Crippen LogP contribution in [0.3, 0.4) is 0 Å². The largest absolute Gasteiger partial charge is 0.488 e. The number of hydrogen-bond donors (Lipinski definition) is 0. The van der Waals surface area contributed by atoms with Crippen molar-refractivity contribution in [2.75, 3.05) is 0 Å². The molecule has 0 spiro atoms. The molecular weight excluding hydrogens is 306 g/mol. The van der Waals surface area contributed by atoms with E-state index in [1.807, 2.05) is 36.4 Å². The Kier molecular flexibility index (Phi) is 3.92. The van der Waals surface area contributed by atoms with Gasteiger partial charge in [0.2, 0.25) is 0 Å². The molecule has 0 unspecified atom stereocenters. The summed E-state index contributed by atoms with van der Waals surface area (Å²) in [5, 5.41) is 1.85. The molecule has 4 rings (SSSR count). The smallest absolute Gasteiger partial charge is 0.134 e. The third kappa shape index (κ3) is 2.91. The maximum atomic E-state index is 6.26. The molecule has 0 saturated carbocycles. The molecule has 3 aromatic rings. The second-order valence-electron chi connectivity index (χ2n) is 6.01. The first-order chi connectivity index (χ1) is 11.3. The first kappa shape index (κ1) is 14.5. The van der Waals surface area contributed by atoms with E-state index in [9.17, 15) is 0 Å². The maximum absolute atomic E-state index is 6.26. The summed E-state index contributed by atoms with van der Waals surface area (Å²) in [6.07, 6.45) is 4.53. The fourth-order valence-corrected chi connectivity index (χ4v) is 3.49. The number of hydrogen-bond acceptors (Lipinski definition) is 2. The zero-order chi connectivity index (χ0) is 15.6. The van der Waals surface area contributed by atoms with Crippen molar-refractivity contribution in [1.82, 2.24) is 4.98 Å². The van der Waals surface area contributed by atoms with Crippen molar-refractivity contribution < 1.29 is 4.74 Å². The summed E-state index contributed by atoms with van der Waals surface area (Å²) in [7, 11) is 0. The molecule has 0 aliphatic heterocycles. The molecule has 23 heavy (non-hydrogen) atoms. The van der Waals surface area contributed by atoms with Crippen molar-refractivity contribution in [3.63, 3.8) is 0 Å². The van der Waals surface area contributed by atoms with Gasteiger partial charge in [0.25, 0.3) is 0 Å². The van der Waals surface area contributed by atoms with Crippen LogP contribution >= 0.6 is 11.6 Å². The standard InChI is InChI=1S/C20H18ClNO/c21-15-7-5-6-14(12-15)13-23-20-16-8-1-3-10-18(16)22-19-11-4-2-9-17(19)20/h1,3,5-8,10,12H,2,4,9,11,13H2. The summed E-state index contributed by atoms with van der Waals surface area (Å²) in [6, 6.07) is 16.1. The molecule has 1 heterocycles. The third-order valence-corrected chi connectivity index (χ3v) is 4.62. The van der Waals surface area contributed by atoms with E-state index >= 15 is 0 Å². The fourth-order valence-electron chi connectivity index (χ4n) is 3.28. The topological polar surface area (TPSA) is 22.1 Å². The second kappa shape index (κ2) is 6.21. The van der Waals surface area contributed by atoms with Gasteiger partial charge in [0.1, 0.15) is 12.4 Å². The van der Waals surface area contributed by atoms with Crippen LogP contribution < -0.4 is 4.74 Å². The Morgan fingerprint density at radius 1 is 1.00 bits per heavy atom. The highest BCUT2D eigenvalue weighted by atomic mass is 35.5. The molecule has 1 aromatic heterocycles. The molecule has 0 fully saturated rings. The second-order valence-corrected chi connectivity index (χ2v) is 6.45. The third-order valence-electron chi connectivity index (χ3n) is 4.39. The van der Waals surface area contributed by atoms with Crippen LogP contribution in [0.25, 0.3) is 10.9 Å². The van der Waals surface area contributed by atoms with E-state index in [2.05, 4.69) is 12.1 Å². The summed E-state index contributed by atoms with van der Waals surface area (Å²) >= 11 is 6.07. The van der Waals surface area contributed by atoms with Gasteiger partial charge in [0, 0.05) is 21.7 Å². The molecule has 0 radical (unpaired) electrons. The number of para-hydroxylation sites is 1. The van der Waals surface area contributed by atoms with E-state index in [0.29, 0.717) is 6.61 Å². The van der Waals surface area contributed by atoms with Crippen molar-refractivity contribution in [3.05, 3.63) is 70.4 Å². The summed E-state index contributed by atoms with van der Waals surface area (Å²) in [6.45, 7) is 0.529. The van der Waals surface area contributed by atoms with Crippen molar-refractivity contribution in [1.29, 1.82) is 0 Å². The fraction of sp³-hybridized carbons (Fsp3) is 0.250. The molecule has 2 nitrogen and oxygen atoms in total. The van der Waals surface area contributed by atoms with E-state index in [4.69, 9.17) is 21.3 Å². The van der Waals surface area contributed by atoms with Gasteiger partial charge in [-0.15, -0.1) is 0 Å². The first-order valence-electron chi connectivity index (χ1n) is 8.09. The molecule has 0 atom stereocenters. The number of rotatable bonds is 3. The number of nitrogens with zero attached hydrogens (tertiary/aromatic N) is 1. The molecule has 2 aromatic carbocycles. The number of aryl methyl sites for hydroxylation is 1. The lowest BCUT2D eigenvalue weighted by Gasteiger charge is -2.21. The van der Waals surface area contributed by atoms with E-state index < -0.39 is 0 Å². The van der Waals surface area contributed by atoms with E-state index in [1.165, 1.54) is 24.1 Å². The molecular formula is C20H18ClNO. The Labute approximate surface area is 141 Å². The number of fused-ring (bicyclic) bond motifs is 2. The zero-order valence-corrected chi connectivity index (χ0v) is 13.6. The van der Waals surface area contributed by atoms with Gasteiger partial charge < -0.3 is 4.74 Å². The summed E-state index contributed by atoms with van der Waals surface area (Å²) < 4.78 is 6.26. The summed E-state index contributed by atoms with van der Waals surface area (Å²) in [5.41, 5.74) is 4.60. The van der Waals surface area contributed by atoms with Gasteiger partial charge in [-0.25, -0.2) is 0 Å². The minimum atomic E-state index is 0.529. The molecule has 0 bridgehead atoms. The highest BCUT2D eigenvalue weighted by Gasteiger charge is 2.19. The maximum Gasteiger partial charge on any atom is 0.134 e. The number of ether oxygens (including phenoxy) is 1. The van der Waals surface area contributed by atoms with Crippen LogP contribution in [0.4, 0.5) is 0 Å². The molecule has 1 aliphatic rings. The molecule has 116 valence electrons. The lowest BCUT2D eigenvalue weighted by Crippen LogP contribution is -2.09. The van der Waals surface area contributed by atoms with E-state index in [1.54, 1.807) is 0 Å². The number of pyridine rings is 1. The SMILES string of the molecule is Clc1cccc(COc2c3c(nc4ccccc24)CCCC3)c1. The van der Waals surface area contributed by atoms with Crippen molar-refractivity contribution in [2.45, 2.75) is 32.3 Å². The highest BCUT2D eigenvalue weighted by Crippen LogP contribution is 2.35. The van der Waals surface area contributed by atoms with E-state index in [0.717, 1.165) is 40.1 Å². The zero-order valence-electron chi connectivity index (χ0n) is 12.9. The van der Waals surface area contributed by atoms with Crippen LogP contribution in [0.1, 0.15) is 29.7 Å². The van der Waals surface area contributed by atoms with Crippen molar-refractivity contribution in [2.24, 2.45) is 0 Å². The number of benzene rings is 2. The predicted octanol–water partition coefficient (Wildman–Crippen LogP) is 5.35. The summed E-state index contributed by atoms with van der Waals surface area (Å²) in [5.74, 6) is 1.00. The molecule has 0 N–H and O–H groups in total. The first-order valence-corrected chi connectivity index (χ1v) is 8.47. The van der Waals surface area contributed by atoms with Crippen LogP contribution in [-0.4, -0.2) is 4.98 Å². The Bertz CT molecular complexity index is 859. The predicted molar refractivity (Wildman–Crippen MR) is 94.2 cm³/mol. The quantitative estimate of drug-likeness (QED) is 0.648. The van der Waals surface area contributed by atoms with Gasteiger partial charge in [0.15, 0.2) is 0 Å². The van der Waals surface area contributed by atoms with Gasteiger partial charge in [-0.1, -0.05) is 35.9 Å². The van der Waals surface area contributed by atoms with E-state index in [-0.39, 0.29) is 0 Å². The van der Waals surface area contributed by atoms with Gasteiger partial charge in [-0.3, -0.25) is 4.98 Å². The highest BCUT2D eigenvalue weighted by molar-refractivity contribution is 6.30. The summed E-state index contributed by atoms with van der Waals surface area (Å²) in [4.78, 5) is 4.84. The molecule has 3 heteroatoms. The van der Waals surface area contributed by atoms with Gasteiger partial charge in [0.05, 0.1) is 5.52 Å². The van der Waals surface area contributed by atoms with Gasteiger partial charge >= 0.3 is 0 Å². The Morgan fingerprint density at radius 2 is 1.87 bits per heavy atom. The number of aromatic nitrogens is 1. The Hall–Kier alpha value is -2.06. The van der Waals surface area contributed by atoms with Crippen molar-refractivity contribution >= 4 is 22.5 Å². The normalized spacial score (nSPS) is 13.8. The molecule has 1 aliphatic carbocycles. The minimum absolute atomic E-state index is 0.529. The number of halogens is 1. The Morgan fingerprint density at radius 3 is 2.78 bits per heavy atom.